The maximum atomic E-state index is 12.2. The molecule has 0 spiro atoms. The molecule has 116 valence electrons. The zero-order chi connectivity index (χ0) is 16.1. The number of pyridine rings is 1. The molecule has 0 aliphatic carbocycles. The third-order valence-electron chi connectivity index (χ3n) is 3.38. The standard InChI is InChI=1S/C17H15ClN4O/c18-15-4-2-1-3-14(15)17(23)20-16-8-12-22(21-16)11-7-13-5-9-19-10-6-13/h1-6,8-10,12H,7,11H2,(H,20,21,23). The fourth-order valence-electron chi connectivity index (χ4n) is 2.17. The molecule has 0 unspecified atom stereocenters. The number of aryl methyl sites for hydroxylation is 2. The largest absolute Gasteiger partial charge is 0.305 e. The summed E-state index contributed by atoms with van der Waals surface area (Å²) < 4.78 is 1.79. The molecular weight excluding hydrogens is 312 g/mol. The lowest BCUT2D eigenvalue weighted by Crippen LogP contribution is -2.13. The van der Waals surface area contributed by atoms with Crippen molar-refractivity contribution in [3.63, 3.8) is 0 Å². The van der Waals surface area contributed by atoms with Gasteiger partial charge in [-0.3, -0.25) is 14.5 Å². The van der Waals surface area contributed by atoms with E-state index in [0.717, 1.165) is 13.0 Å². The SMILES string of the molecule is O=C(Nc1ccn(CCc2ccncc2)n1)c1ccccc1Cl. The zero-order valence-corrected chi connectivity index (χ0v) is 13.1. The fraction of sp³-hybridized carbons (Fsp3) is 0.118. The monoisotopic (exact) mass is 326 g/mol. The van der Waals surface area contributed by atoms with Gasteiger partial charge in [-0.1, -0.05) is 23.7 Å². The summed E-state index contributed by atoms with van der Waals surface area (Å²) in [7, 11) is 0. The second-order valence-electron chi connectivity index (χ2n) is 5.00. The van der Waals surface area contributed by atoms with E-state index in [2.05, 4.69) is 15.4 Å². The van der Waals surface area contributed by atoms with E-state index < -0.39 is 0 Å². The summed E-state index contributed by atoms with van der Waals surface area (Å²) in [6, 6.07) is 12.6. The molecule has 0 bridgehead atoms. The van der Waals surface area contributed by atoms with Gasteiger partial charge in [-0.15, -0.1) is 0 Å². The fourth-order valence-corrected chi connectivity index (χ4v) is 2.40. The third-order valence-corrected chi connectivity index (χ3v) is 3.71. The van der Waals surface area contributed by atoms with Gasteiger partial charge >= 0.3 is 0 Å². The van der Waals surface area contributed by atoms with Crippen molar-refractivity contribution < 1.29 is 4.79 Å². The molecule has 23 heavy (non-hydrogen) atoms. The molecule has 0 radical (unpaired) electrons. The maximum absolute atomic E-state index is 12.2. The molecule has 0 aliphatic heterocycles. The van der Waals surface area contributed by atoms with Crippen molar-refractivity contribution in [2.24, 2.45) is 0 Å². The number of rotatable bonds is 5. The zero-order valence-electron chi connectivity index (χ0n) is 12.3. The van der Waals surface area contributed by atoms with Crippen molar-refractivity contribution in [1.29, 1.82) is 0 Å². The van der Waals surface area contributed by atoms with Crippen molar-refractivity contribution in [2.75, 3.05) is 5.32 Å². The molecule has 2 aromatic heterocycles. The number of halogens is 1. The first-order chi connectivity index (χ1) is 11.2. The Morgan fingerprint density at radius 2 is 1.91 bits per heavy atom. The molecule has 5 nitrogen and oxygen atoms in total. The molecule has 2 heterocycles. The Bertz CT molecular complexity index is 801. The number of anilines is 1. The minimum atomic E-state index is -0.269. The number of nitrogens with zero attached hydrogens (tertiary/aromatic N) is 3. The van der Waals surface area contributed by atoms with Gasteiger partial charge in [0.15, 0.2) is 5.82 Å². The van der Waals surface area contributed by atoms with Crippen LogP contribution in [0, 0.1) is 0 Å². The van der Waals surface area contributed by atoms with Crippen molar-refractivity contribution in [2.45, 2.75) is 13.0 Å². The van der Waals surface area contributed by atoms with E-state index in [4.69, 9.17) is 11.6 Å². The van der Waals surface area contributed by atoms with Crippen LogP contribution < -0.4 is 5.32 Å². The predicted molar refractivity (Wildman–Crippen MR) is 89.6 cm³/mol. The van der Waals surface area contributed by atoms with Crippen LogP contribution in [0.15, 0.2) is 61.1 Å². The van der Waals surface area contributed by atoms with Crippen LogP contribution in [0.2, 0.25) is 5.02 Å². The lowest BCUT2D eigenvalue weighted by molar-refractivity contribution is 0.102. The molecule has 0 saturated carbocycles. The van der Waals surface area contributed by atoms with Crippen molar-refractivity contribution in [3.05, 3.63) is 77.2 Å². The average Bonchev–Trinajstić information content (AvgIpc) is 3.02. The van der Waals surface area contributed by atoms with Crippen LogP contribution in [0.3, 0.4) is 0 Å². The molecule has 6 heteroatoms. The van der Waals surface area contributed by atoms with Gasteiger partial charge in [0.2, 0.25) is 0 Å². The highest BCUT2D eigenvalue weighted by Crippen LogP contribution is 2.16. The van der Waals surface area contributed by atoms with Crippen LogP contribution in [-0.2, 0) is 13.0 Å². The number of carbonyl (C=O) groups is 1. The number of benzene rings is 1. The molecule has 1 amide bonds. The molecular formula is C17H15ClN4O. The Labute approximate surface area is 138 Å². The lowest BCUT2D eigenvalue weighted by atomic mass is 10.2. The number of nitrogens with one attached hydrogen (secondary N) is 1. The van der Waals surface area contributed by atoms with Gasteiger partial charge in [0.05, 0.1) is 10.6 Å². The van der Waals surface area contributed by atoms with Gasteiger partial charge in [-0.05, 0) is 36.2 Å². The highest BCUT2D eigenvalue weighted by molar-refractivity contribution is 6.34. The van der Waals surface area contributed by atoms with Gasteiger partial charge in [-0.2, -0.15) is 5.10 Å². The van der Waals surface area contributed by atoms with Crippen molar-refractivity contribution in [1.82, 2.24) is 14.8 Å². The minimum absolute atomic E-state index is 0.269. The van der Waals surface area contributed by atoms with Gasteiger partial charge in [0.1, 0.15) is 0 Å². The van der Waals surface area contributed by atoms with Crippen LogP contribution >= 0.6 is 11.6 Å². The maximum Gasteiger partial charge on any atom is 0.258 e. The van der Waals surface area contributed by atoms with Crippen LogP contribution in [-0.4, -0.2) is 20.7 Å². The first-order valence-corrected chi connectivity index (χ1v) is 7.58. The summed E-state index contributed by atoms with van der Waals surface area (Å²) in [4.78, 5) is 16.2. The summed E-state index contributed by atoms with van der Waals surface area (Å²) in [6.45, 7) is 0.728. The molecule has 1 N–H and O–H groups in total. The van der Waals surface area contributed by atoms with Crippen LogP contribution in [0.1, 0.15) is 15.9 Å². The molecule has 0 aliphatic rings. The predicted octanol–water partition coefficient (Wildman–Crippen LogP) is 3.43. The normalized spacial score (nSPS) is 10.5. The molecule has 3 aromatic rings. The summed E-state index contributed by atoms with van der Waals surface area (Å²) in [5.41, 5.74) is 1.62. The highest BCUT2D eigenvalue weighted by atomic mass is 35.5. The number of hydrogen-bond acceptors (Lipinski definition) is 3. The number of amides is 1. The molecule has 0 saturated heterocycles. The first-order valence-electron chi connectivity index (χ1n) is 7.20. The summed E-state index contributed by atoms with van der Waals surface area (Å²) >= 11 is 6.02. The van der Waals surface area contributed by atoms with Crippen molar-refractivity contribution in [3.8, 4) is 0 Å². The van der Waals surface area contributed by atoms with E-state index >= 15 is 0 Å². The number of hydrogen-bond donors (Lipinski definition) is 1. The van der Waals surface area contributed by atoms with Gasteiger partial charge in [-0.25, -0.2) is 0 Å². The molecule has 1 aromatic carbocycles. The number of aromatic nitrogens is 3. The van der Waals surface area contributed by atoms with Crippen LogP contribution in [0.5, 0.6) is 0 Å². The second-order valence-corrected chi connectivity index (χ2v) is 5.41. The lowest BCUT2D eigenvalue weighted by Gasteiger charge is -2.04. The van der Waals surface area contributed by atoms with E-state index in [9.17, 15) is 4.79 Å². The number of carbonyl (C=O) groups excluding carboxylic acids is 1. The van der Waals surface area contributed by atoms with E-state index in [0.29, 0.717) is 16.4 Å². The Morgan fingerprint density at radius 1 is 1.13 bits per heavy atom. The van der Waals surface area contributed by atoms with Gasteiger partial charge in [0.25, 0.3) is 5.91 Å². The molecule has 0 atom stereocenters. The Balaban J connectivity index is 1.61. The third kappa shape index (κ3) is 3.96. The van der Waals surface area contributed by atoms with Gasteiger partial charge < -0.3 is 5.32 Å². The Hall–Kier alpha value is -2.66. The Morgan fingerprint density at radius 3 is 2.70 bits per heavy atom. The van der Waals surface area contributed by atoms with Crippen LogP contribution in [0.25, 0.3) is 0 Å². The summed E-state index contributed by atoms with van der Waals surface area (Å²) in [6.07, 6.45) is 6.23. The highest BCUT2D eigenvalue weighted by Gasteiger charge is 2.11. The topological polar surface area (TPSA) is 59.8 Å². The van der Waals surface area contributed by atoms with Gasteiger partial charge in [0, 0.05) is 31.2 Å². The van der Waals surface area contributed by atoms with E-state index in [-0.39, 0.29) is 5.91 Å². The van der Waals surface area contributed by atoms with E-state index in [1.165, 1.54) is 5.56 Å². The molecule has 3 rings (SSSR count). The van der Waals surface area contributed by atoms with E-state index in [1.807, 2.05) is 18.3 Å². The summed E-state index contributed by atoms with van der Waals surface area (Å²) in [5.74, 6) is 0.236. The Kier molecular flexibility index (Phi) is 4.68. The smallest absolute Gasteiger partial charge is 0.258 e. The first kappa shape index (κ1) is 15.2. The molecule has 0 fully saturated rings. The quantitative estimate of drug-likeness (QED) is 0.781. The average molecular weight is 327 g/mol. The van der Waals surface area contributed by atoms with Crippen molar-refractivity contribution >= 4 is 23.3 Å². The minimum Gasteiger partial charge on any atom is -0.305 e. The van der Waals surface area contributed by atoms with E-state index in [1.54, 1.807) is 47.4 Å². The summed E-state index contributed by atoms with van der Waals surface area (Å²) in [5, 5.41) is 7.52. The van der Waals surface area contributed by atoms with Crippen LogP contribution in [0.4, 0.5) is 5.82 Å². The second kappa shape index (κ2) is 7.07.